The van der Waals surface area contributed by atoms with Gasteiger partial charge in [-0.05, 0) is 43.2 Å². The fourth-order valence-electron chi connectivity index (χ4n) is 2.97. The molecule has 0 aromatic heterocycles. The number of nitrogens with one attached hydrogen (secondary N) is 1. The van der Waals surface area contributed by atoms with Crippen molar-refractivity contribution in [3.63, 3.8) is 0 Å². The number of amides is 2. The molecular formula is C19H20N2O3S. The van der Waals surface area contributed by atoms with Crippen molar-refractivity contribution in [2.24, 2.45) is 0 Å². The summed E-state index contributed by atoms with van der Waals surface area (Å²) in [6.07, 6.45) is 1.40. The second-order valence-electron chi connectivity index (χ2n) is 6.11. The first-order valence-electron chi connectivity index (χ1n) is 8.22. The lowest BCUT2D eigenvalue weighted by Gasteiger charge is -2.32. The van der Waals surface area contributed by atoms with Crippen LogP contribution >= 0.6 is 12.6 Å². The van der Waals surface area contributed by atoms with Crippen molar-refractivity contribution >= 4 is 24.4 Å². The molecule has 2 amide bonds. The molecule has 1 saturated heterocycles. The van der Waals surface area contributed by atoms with E-state index < -0.39 is 0 Å². The van der Waals surface area contributed by atoms with Crippen LogP contribution in [0.25, 0.3) is 0 Å². The molecule has 2 aromatic carbocycles. The fraction of sp³-hybridized carbons (Fsp3) is 0.263. The van der Waals surface area contributed by atoms with E-state index in [-0.39, 0.29) is 23.6 Å². The zero-order valence-corrected chi connectivity index (χ0v) is 14.6. The minimum absolute atomic E-state index is 0.0187. The highest BCUT2D eigenvalue weighted by atomic mass is 32.1. The lowest BCUT2D eigenvalue weighted by atomic mass is 10.0. The molecule has 3 rings (SSSR count). The molecule has 1 heterocycles. The van der Waals surface area contributed by atoms with Crippen LogP contribution in [0.5, 0.6) is 5.75 Å². The molecule has 6 heteroatoms. The van der Waals surface area contributed by atoms with Crippen LogP contribution in [0.3, 0.4) is 0 Å². The van der Waals surface area contributed by atoms with E-state index in [4.69, 9.17) is 0 Å². The number of phenolic OH excluding ortho intramolecular Hbond substituents is 1. The van der Waals surface area contributed by atoms with Crippen LogP contribution in [-0.4, -0.2) is 41.0 Å². The Labute approximate surface area is 152 Å². The van der Waals surface area contributed by atoms with Crippen molar-refractivity contribution in [1.29, 1.82) is 0 Å². The summed E-state index contributed by atoms with van der Waals surface area (Å²) < 4.78 is 0. The summed E-state index contributed by atoms with van der Waals surface area (Å²) in [5, 5.41) is 12.4. The van der Waals surface area contributed by atoms with Crippen molar-refractivity contribution in [3.8, 4) is 5.75 Å². The second-order valence-corrected chi connectivity index (χ2v) is 6.59. The Balaban J connectivity index is 1.56. The van der Waals surface area contributed by atoms with Crippen LogP contribution in [0, 0.1) is 0 Å². The topological polar surface area (TPSA) is 69.6 Å². The molecule has 1 aliphatic rings. The van der Waals surface area contributed by atoms with Gasteiger partial charge in [0.2, 0.25) is 0 Å². The maximum Gasteiger partial charge on any atom is 0.254 e. The van der Waals surface area contributed by atoms with E-state index in [9.17, 15) is 14.7 Å². The van der Waals surface area contributed by atoms with Gasteiger partial charge in [-0.1, -0.05) is 18.2 Å². The molecule has 130 valence electrons. The highest BCUT2D eigenvalue weighted by molar-refractivity contribution is 7.80. The summed E-state index contributed by atoms with van der Waals surface area (Å²) in [5.74, 6) is -0.164. The Bertz CT molecular complexity index is 786. The molecule has 1 fully saturated rings. The molecule has 0 radical (unpaired) electrons. The minimum Gasteiger partial charge on any atom is -0.508 e. The maximum absolute atomic E-state index is 12.6. The Morgan fingerprint density at radius 3 is 2.48 bits per heavy atom. The van der Waals surface area contributed by atoms with Gasteiger partial charge in [0.05, 0.1) is 5.56 Å². The van der Waals surface area contributed by atoms with Crippen molar-refractivity contribution in [3.05, 3.63) is 59.7 Å². The van der Waals surface area contributed by atoms with Crippen LogP contribution in [0.2, 0.25) is 0 Å². The third kappa shape index (κ3) is 4.14. The van der Waals surface area contributed by atoms with Crippen LogP contribution in [0.1, 0.15) is 33.6 Å². The van der Waals surface area contributed by atoms with E-state index in [1.165, 1.54) is 12.1 Å². The molecule has 2 aromatic rings. The lowest BCUT2D eigenvalue weighted by Crippen LogP contribution is -2.46. The van der Waals surface area contributed by atoms with E-state index in [1.807, 2.05) is 12.1 Å². The second kappa shape index (κ2) is 7.61. The lowest BCUT2D eigenvalue weighted by molar-refractivity contribution is 0.0694. The average Bonchev–Trinajstić information content (AvgIpc) is 2.62. The summed E-state index contributed by atoms with van der Waals surface area (Å²) in [4.78, 5) is 27.3. The predicted molar refractivity (Wildman–Crippen MR) is 98.2 cm³/mol. The van der Waals surface area contributed by atoms with E-state index >= 15 is 0 Å². The molecule has 0 bridgehead atoms. The first kappa shape index (κ1) is 17.4. The summed E-state index contributed by atoms with van der Waals surface area (Å²) >= 11 is 4.34. The molecule has 5 nitrogen and oxygen atoms in total. The van der Waals surface area contributed by atoms with Crippen molar-refractivity contribution in [2.75, 3.05) is 13.1 Å². The molecule has 0 saturated carbocycles. The Morgan fingerprint density at radius 2 is 1.80 bits per heavy atom. The standard InChI is InChI=1S/C19H20N2O3S/c22-15-5-3-4-13(12-15)18(23)20-14-8-10-21(11-9-14)19(24)16-6-1-2-7-17(16)25/h1-7,12,14,22,25H,8-11H2,(H,20,23). The summed E-state index contributed by atoms with van der Waals surface area (Å²) in [7, 11) is 0. The minimum atomic E-state index is -0.207. The molecule has 0 atom stereocenters. The van der Waals surface area contributed by atoms with Crippen LogP contribution in [-0.2, 0) is 0 Å². The number of piperidine rings is 1. The van der Waals surface area contributed by atoms with Crippen molar-refractivity contribution in [1.82, 2.24) is 10.2 Å². The van der Waals surface area contributed by atoms with Gasteiger partial charge < -0.3 is 15.3 Å². The summed E-state index contributed by atoms with van der Waals surface area (Å²) in [5.41, 5.74) is 1.04. The highest BCUT2D eigenvalue weighted by Crippen LogP contribution is 2.19. The van der Waals surface area contributed by atoms with Gasteiger partial charge in [-0.25, -0.2) is 0 Å². The third-order valence-electron chi connectivity index (χ3n) is 4.36. The first-order valence-corrected chi connectivity index (χ1v) is 8.66. The monoisotopic (exact) mass is 356 g/mol. The zero-order chi connectivity index (χ0) is 17.8. The van der Waals surface area contributed by atoms with E-state index in [0.29, 0.717) is 42.0 Å². The Kier molecular flexibility index (Phi) is 5.28. The number of thiol groups is 1. The molecule has 0 aliphatic carbocycles. The van der Waals surface area contributed by atoms with Gasteiger partial charge in [0.1, 0.15) is 5.75 Å². The Morgan fingerprint density at radius 1 is 1.08 bits per heavy atom. The predicted octanol–water partition coefficient (Wildman–Crippen LogP) is 2.72. The van der Waals surface area contributed by atoms with Gasteiger partial charge in [-0.3, -0.25) is 9.59 Å². The van der Waals surface area contributed by atoms with Crippen molar-refractivity contribution < 1.29 is 14.7 Å². The number of nitrogens with zero attached hydrogens (tertiary/aromatic N) is 1. The number of carbonyl (C=O) groups excluding carboxylic acids is 2. The normalized spacial score (nSPS) is 15.0. The molecular weight excluding hydrogens is 336 g/mol. The molecule has 0 spiro atoms. The number of rotatable bonds is 3. The van der Waals surface area contributed by atoms with Gasteiger partial charge in [-0.15, -0.1) is 12.6 Å². The third-order valence-corrected chi connectivity index (χ3v) is 4.75. The van der Waals surface area contributed by atoms with Crippen LogP contribution in [0.4, 0.5) is 0 Å². The van der Waals surface area contributed by atoms with Gasteiger partial charge in [0.15, 0.2) is 0 Å². The van der Waals surface area contributed by atoms with Crippen molar-refractivity contribution in [2.45, 2.75) is 23.8 Å². The zero-order valence-electron chi connectivity index (χ0n) is 13.7. The number of benzene rings is 2. The number of hydrogen-bond acceptors (Lipinski definition) is 4. The number of likely N-dealkylation sites (tertiary alicyclic amines) is 1. The van der Waals surface area contributed by atoms with Crippen LogP contribution < -0.4 is 5.32 Å². The number of aromatic hydroxyl groups is 1. The number of phenols is 1. The maximum atomic E-state index is 12.6. The SMILES string of the molecule is O=C(NC1CCN(C(=O)c2ccccc2S)CC1)c1cccc(O)c1. The molecule has 0 unspecified atom stereocenters. The van der Waals surface area contributed by atoms with Gasteiger partial charge in [0, 0.05) is 29.6 Å². The molecule has 2 N–H and O–H groups in total. The quantitative estimate of drug-likeness (QED) is 0.741. The molecule has 1 aliphatic heterocycles. The van der Waals surface area contributed by atoms with E-state index in [2.05, 4.69) is 17.9 Å². The number of carbonyl (C=O) groups is 2. The average molecular weight is 356 g/mol. The van der Waals surface area contributed by atoms with E-state index in [0.717, 1.165) is 0 Å². The van der Waals surface area contributed by atoms with Gasteiger partial charge in [0.25, 0.3) is 11.8 Å². The highest BCUT2D eigenvalue weighted by Gasteiger charge is 2.25. The number of hydrogen-bond donors (Lipinski definition) is 3. The summed E-state index contributed by atoms with van der Waals surface area (Å²) in [6, 6.07) is 13.6. The van der Waals surface area contributed by atoms with E-state index in [1.54, 1.807) is 29.2 Å². The molecule has 25 heavy (non-hydrogen) atoms. The van der Waals surface area contributed by atoms with Crippen LogP contribution in [0.15, 0.2) is 53.4 Å². The Hall–Kier alpha value is -2.47. The smallest absolute Gasteiger partial charge is 0.254 e. The summed E-state index contributed by atoms with van der Waals surface area (Å²) in [6.45, 7) is 1.18. The largest absolute Gasteiger partial charge is 0.508 e. The van der Waals surface area contributed by atoms with Gasteiger partial charge in [-0.2, -0.15) is 0 Å². The van der Waals surface area contributed by atoms with Gasteiger partial charge >= 0.3 is 0 Å². The fourth-order valence-corrected chi connectivity index (χ4v) is 3.22. The first-order chi connectivity index (χ1) is 12.0.